The van der Waals surface area contributed by atoms with Gasteiger partial charge >= 0.3 is 0 Å². The second-order valence-corrected chi connectivity index (χ2v) is 4.16. The Hall–Kier alpha value is -0.250. The van der Waals surface area contributed by atoms with Crippen molar-refractivity contribution in [2.24, 2.45) is 11.1 Å². The molecule has 0 aromatic rings. The van der Waals surface area contributed by atoms with Gasteiger partial charge in [-0.05, 0) is 6.92 Å². The van der Waals surface area contributed by atoms with Gasteiger partial charge in [0.2, 0.25) is 0 Å². The van der Waals surface area contributed by atoms with E-state index in [0.717, 1.165) is 6.92 Å². The van der Waals surface area contributed by atoms with Gasteiger partial charge in [-0.2, -0.15) is 0 Å². The molecule has 1 nitrogen and oxygen atoms in total. The predicted molar refractivity (Wildman–Crippen MR) is 43.0 cm³/mol. The molecule has 0 aliphatic rings. The van der Waals surface area contributed by atoms with E-state index >= 15 is 0 Å². The Balaban J connectivity index is 4.85. The van der Waals surface area contributed by atoms with Crippen molar-refractivity contribution >= 4 is 0 Å². The molecule has 0 fully saturated rings. The van der Waals surface area contributed by atoms with Crippen LogP contribution in [0.5, 0.6) is 0 Å². The molecule has 0 amide bonds. The third-order valence-corrected chi connectivity index (χ3v) is 2.35. The van der Waals surface area contributed by atoms with Crippen molar-refractivity contribution in [1.29, 1.82) is 0 Å². The van der Waals surface area contributed by atoms with Crippen molar-refractivity contribution in [3.63, 3.8) is 0 Å². The molecule has 0 bridgehead atoms. The summed E-state index contributed by atoms with van der Waals surface area (Å²) in [7, 11) is 0. The van der Waals surface area contributed by atoms with Crippen LogP contribution >= 0.6 is 0 Å². The zero-order valence-electron chi connectivity index (χ0n) is 7.92. The molecule has 74 valence electrons. The first-order valence-electron chi connectivity index (χ1n) is 3.83. The van der Waals surface area contributed by atoms with Gasteiger partial charge in [-0.25, -0.2) is 13.2 Å². The summed E-state index contributed by atoms with van der Waals surface area (Å²) in [6.45, 7) is 4.21. The number of hydrogen-bond donors (Lipinski definition) is 1. The fourth-order valence-electron chi connectivity index (χ4n) is 0.740. The van der Waals surface area contributed by atoms with Crippen LogP contribution in [0, 0.1) is 5.41 Å². The maximum Gasteiger partial charge on any atom is 0.293 e. The molecule has 0 rings (SSSR count). The SMILES string of the molecule is CC(C)(C)C(C)(F)C(F)(F)CN. The summed E-state index contributed by atoms with van der Waals surface area (Å²) in [6, 6.07) is 0. The second-order valence-electron chi connectivity index (χ2n) is 4.16. The molecule has 1 unspecified atom stereocenters. The summed E-state index contributed by atoms with van der Waals surface area (Å²) in [6.07, 6.45) is 0. The molecule has 0 saturated carbocycles. The van der Waals surface area contributed by atoms with Crippen molar-refractivity contribution in [1.82, 2.24) is 0 Å². The molecular weight excluding hydrogens is 167 g/mol. The molecule has 0 aliphatic carbocycles. The van der Waals surface area contributed by atoms with Crippen LogP contribution in [0.4, 0.5) is 13.2 Å². The van der Waals surface area contributed by atoms with Crippen LogP contribution in [0.25, 0.3) is 0 Å². The molecule has 4 heteroatoms. The number of hydrogen-bond acceptors (Lipinski definition) is 1. The van der Waals surface area contributed by atoms with Crippen molar-refractivity contribution in [2.75, 3.05) is 6.54 Å². The topological polar surface area (TPSA) is 26.0 Å². The summed E-state index contributed by atoms with van der Waals surface area (Å²) < 4.78 is 39.4. The lowest BCUT2D eigenvalue weighted by molar-refractivity contribution is -0.168. The highest BCUT2D eigenvalue weighted by molar-refractivity contribution is 4.98. The lowest BCUT2D eigenvalue weighted by Gasteiger charge is -2.39. The molecule has 0 spiro atoms. The Kier molecular flexibility index (Phi) is 2.85. The molecule has 0 heterocycles. The average molecular weight is 183 g/mol. The molecular formula is C8H16F3N. The number of rotatable bonds is 2. The van der Waals surface area contributed by atoms with E-state index in [2.05, 4.69) is 0 Å². The van der Waals surface area contributed by atoms with Gasteiger partial charge in [0.25, 0.3) is 5.92 Å². The number of alkyl halides is 3. The highest BCUT2D eigenvalue weighted by atomic mass is 19.3. The van der Waals surface area contributed by atoms with E-state index in [9.17, 15) is 13.2 Å². The summed E-state index contributed by atoms with van der Waals surface area (Å²) in [5.74, 6) is -3.47. The van der Waals surface area contributed by atoms with Gasteiger partial charge < -0.3 is 5.73 Å². The first-order chi connectivity index (χ1) is 5.06. The standard InChI is InChI=1S/C8H16F3N/c1-6(2,3)7(4,9)8(10,11)5-12/h5,12H2,1-4H3. The number of nitrogens with two attached hydrogens (primary N) is 1. The predicted octanol–water partition coefficient (Wildman–Crippen LogP) is 2.35. The van der Waals surface area contributed by atoms with Crippen molar-refractivity contribution in [2.45, 2.75) is 39.3 Å². The maximum absolute atomic E-state index is 13.5. The van der Waals surface area contributed by atoms with E-state index in [0.29, 0.717) is 0 Å². The Labute approximate surface area is 71.1 Å². The van der Waals surface area contributed by atoms with E-state index in [-0.39, 0.29) is 0 Å². The minimum Gasteiger partial charge on any atom is -0.325 e. The van der Waals surface area contributed by atoms with Crippen LogP contribution in [0.3, 0.4) is 0 Å². The first-order valence-corrected chi connectivity index (χ1v) is 3.83. The van der Waals surface area contributed by atoms with Crippen molar-refractivity contribution in [3.8, 4) is 0 Å². The Morgan fingerprint density at radius 2 is 1.33 bits per heavy atom. The number of halogens is 3. The summed E-state index contributed by atoms with van der Waals surface area (Å²) in [5.41, 5.74) is 1.11. The van der Waals surface area contributed by atoms with Crippen molar-refractivity contribution < 1.29 is 13.2 Å². The van der Waals surface area contributed by atoms with E-state index in [4.69, 9.17) is 5.73 Å². The lowest BCUT2D eigenvalue weighted by Crippen LogP contribution is -2.54. The molecule has 2 N–H and O–H groups in total. The van der Waals surface area contributed by atoms with E-state index in [1.807, 2.05) is 0 Å². The zero-order valence-corrected chi connectivity index (χ0v) is 7.92. The molecule has 1 atom stereocenters. The van der Waals surface area contributed by atoms with Gasteiger partial charge in [0, 0.05) is 5.41 Å². The van der Waals surface area contributed by atoms with E-state index < -0.39 is 23.6 Å². The third-order valence-electron chi connectivity index (χ3n) is 2.35. The van der Waals surface area contributed by atoms with E-state index in [1.54, 1.807) is 0 Å². The summed E-state index contributed by atoms with van der Waals surface area (Å²) >= 11 is 0. The van der Waals surface area contributed by atoms with Gasteiger partial charge in [0.1, 0.15) is 0 Å². The third kappa shape index (κ3) is 1.73. The summed E-state index contributed by atoms with van der Waals surface area (Å²) in [5, 5.41) is 0. The molecule has 0 saturated heterocycles. The molecule has 0 aromatic carbocycles. The van der Waals surface area contributed by atoms with Gasteiger partial charge in [0.05, 0.1) is 6.54 Å². The Morgan fingerprint density at radius 3 is 1.42 bits per heavy atom. The molecule has 0 aromatic heterocycles. The van der Waals surface area contributed by atoms with Gasteiger partial charge in [0.15, 0.2) is 5.67 Å². The smallest absolute Gasteiger partial charge is 0.293 e. The average Bonchev–Trinajstić information content (AvgIpc) is 1.85. The first kappa shape index (κ1) is 11.8. The highest BCUT2D eigenvalue weighted by Crippen LogP contribution is 2.44. The van der Waals surface area contributed by atoms with Crippen LogP contribution < -0.4 is 5.73 Å². The highest BCUT2D eigenvalue weighted by Gasteiger charge is 2.56. The van der Waals surface area contributed by atoms with Crippen LogP contribution in [0.1, 0.15) is 27.7 Å². The van der Waals surface area contributed by atoms with Crippen LogP contribution in [-0.2, 0) is 0 Å². The monoisotopic (exact) mass is 183 g/mol. The van der Waals surface area contributed by atoms with Crippen LogP contribution in [-0.4, -0.2) is 18.1 Å². The van der Waals surface area contributed by atoms with Crippen LogP contribution in [0.15, 0.2) is 0 Å². The van der Waals surface area contributed by atoms with Gasteiger partial charge in [-0.3, -0.25) is 0 Å². The molecule has 0 aliphatic heterocycles. The van der Waals surface area contributed by atoms with Gasteiger partial charge in [-0.15, -0.1) is 0 Å². The lowest BCUT2D eigenvalue weighted by atomic mass is 9.75. The largest absolute Gasteiger partial charge is 0.325 e. The fourth-order valence-corrected chi connectivity index (χ4v) is 0.740. The van der Waals surface area contributed by atoms with Crippen LogP contribution in [0.2, 0.25) is 0 Å². The normalized spacial score (nSPS) is 19.0. The minimum atomic E-state index is -3.47. The Bertz CT molecular complexity index is 158. The zero-order chi connectivity index (χ0) is 10.2. The van der Waals surface area contributed by atoms with Gasteiger partial charge in [-0.1, -0.05) is 20.8 Å². The second kappa shape index (κ2) is 2.91. The maximum atomic E-state index is 13.5. The molecule has 0 radical (unpaired) electrons. The van der Waals surface area contributed by atoms with E-state index in [1.165, 1.54) is 20.8 Å². The summed E-state index contributed by atoms with van der Waals surface area (Å²) in [4.78, 5) is 0. The molecule has 12 heavy (non-hydrogen) atoms. The Morgan fingerprint density at radius 1 is 1.00 bits per heavy atom. The quantitative estimate of drug-likeness (QED) is 0.698. The fraction of sp³-hybridized carbons (Fsp3) is 1.00. The minimum absolute atomic E-state index is 0.889. The van der Waals surface area contributed by atoms with Crippen molar-refractivity contribution in [3.05, 3.63) is 0 Å².